The molecule has 3 heteroatoms. The summed E-state index contributed by atoms with van der Waals surface area (Å²) in [6.45, 7) is 8.47. The zero-order valence-electron chi connectivity index (χ0n) is 12.5. The van der Waals surface area contributed by atoms with Gasteiger partial charge in [0.05, 0.1) is 6.61 Å². The van der Waals surface area contributed by atoms with Gasteiger partial charge in [-0.3, -0.25) is 0 Å². The molecule has 0 radical (unpaired) electrons. The summed E-state index contributed by atoms with van der Waals surface area (Å²) in [5.74, 6) is 1.74. The van der Waals surface area contributed by atoms with E-state index in [1.54, 1.807) is 0 Å². The fourth-order valence-electron chi connectivity index (χ4n) is 2.08. The van der Waals surface area contributed by atoms with Gasteiger partial charge in [0.1, 0.15) is 11.9 Å². The highest BCUT2D eigenvalue weighted by atomic mass is 16.5. The molecule has 1 rings (SSSR count). The van der Waals surface area contributed by atoms with Gasteiger partial charge in [-0.15, -0.1) is 0 Å². The van der Waals surface area contributed by atoms with Gasteiger partial charge in [0.15, 0.2) is 0 Å². The van der Waals surface area contributed by atoms with Gasteiger partial charge in [-0.05, 0) is 36.0 Å². The summed E-state index contributed by atoms with van der Waals surface area (Å²) < 4.78 is 5.84. The van der Waals surface area contributed by atoms with Crippen molar-refractivity contribution in [3.8, 4) is 5.75 Å². The number of aliphatic hydroxyl groups excluding tert-OH is 1. The maximum Gasteiger partial charge on any atom is 0.137 e. The molecule has 0 amide bonds. The van der Waals surface area contributed by atoms with Crippen molar-refractivity contribution in [2.75, 3.05) is 6.61 Å². The van der Waals surface area contributed by atoms with Gasteiger partial charge in [-0.25, -0.2) is 0 Å². The van der Waals surface area contributed by atoms with Crippen LogP contribution in [0.15, 0.2) is 24.3 Å². The third-order valence-corrected chi connectivity index (χ3v) is 3.21. The van der Waals surface area contributed by atoms with E-state index < -0.39 is 0 Å². The molecule has 0 aliphatic carbocycles. The predicted octanol–water partition coefficient (Wildman–Crippen LogP) is 2.92. The van der Waals surface area contributed by atoms with Crippen molar-refractivity contribution in [3.63, 3.8) is 0 Å². The zero-order valence-corrected chi connectivity index (χ0v) is 12.5. The molecule has 0 saturated heterocycles. The number of aliphatic hydroxyl groups is 1. The van der Waals surface area contributed by atoms with Crippen molar-refractivity contribution in [2.45, 2.75) is 52.2 Å². The number of rotatable bonds is 7. The topological polar surface area (TPSA) is 55.5 Å². The van der Waals surface area contributed by atoms with E-state index in [1.807, 2.05) is 18.2 Å². The van der Waals surface area contributed by atoms with Crippen LogP contribution in [0.4, 0.5) is 0 Å². The number of hydrogen-bond acceptors (Lipinski definition) is 3. The lowest BCUT2D eigenvalue weighted by Crippen LogP contribution is -2.42. The summed E-state index contributed by atoms with van der Waals surface area (Å²) in [7, 11) is 0. The Hall–Kier alpha value is -1.06. The van der Waals surface area contributed by atoms with Gasteiger partial charge < -0.3 is 15.6 Å². The minimum atomic E-state index is -0.343. The van der Waals surface area contributed by atoms with Crippen LogP contribution >= 0.6 is 0 Å². The molecule has 0 saturated carbocycles. The van der Waals surface area contributed by atoms with Crippen molar-refractivity contribution in [1.82, 2.24) is 0 Å². The lowest BCUT2D eigenvalue weighted by atomic mass is 10.00. The first kappa shape index (κ1) is 16.0. The standard InChI is InChI=1S/C16H27NO2/c1-11(2)8-15(17)16(10-18)19-14-7-5-6-13(9-14)12(3)4/h5-7,9,11-12,15-16,18H,8,10,17H2,1-4H3. The van der Waals surface area contributed by atoms with Crippen LogP contribution in [-0.2, 0) is 0 Å². The number of benzene rings is 1. The number of ether oxygens (including phenoxy) is 1. The molecule has 0 aliphatic heterocycles. The molecule has 2 atom stereocenters. The fourth-order valence-corrected chi connectivity index (χ4v) is 2.08. The Kier molecular flexibility index (Phi) is 6.32. The largest absolute Gasteiger partial charge is 0.486 e. The lowest BCUT2D eigenvalue weighted by Gasteiger charge is -2.25. The third kappa shape index (κ3) is 5.21. The van der Waals surface area contributed by atoms with Gasteiger partial charge in [-0.2, -0.15) is 0 Å². The molecule has 1 aromatic rings. The lowest BCUT2D eigenvalue weighted by molar-refractivity contribution is 0.0881. The van der Waals surface area contributed by atoms with E-state index in [0.717, 1.165) is 12.2 Å². The van der Waals surface area contributed by atoms with Crippen LogP contribution in [0, 0.1) is 5.92 Å². The molecule has 0 heterocycles. The van der Waals surface area contributed by atoms with Crippen molar-refractivity contribution in [1.29, 1.82) is 0 Å². The molecule has 3 nitrogen and oxygen atoms in total. The molecule has 2 unspecified atom stereocenters. The van der Waals surface area contributed by atoms with Gasteiger partial charge >= 0.3 is 0 Å². The van der Waals surface area contributed by atoms with Crippen molar-refractivity contribution in [2.24, 2.45) is 11.7 Å². The summed E-state index contributed by atoms with van der Waals surface area (Å²) in [6, 6.07) is 7.85. The molecule has 19 heavy (non-hydrogen) atoms. The fraction of sp³-hybridized carbons (Fsp3) is 0.625. The van der Waals surface area contributed by atoms with E-state index in [9.17, 15) is 5.11 Å². The average Bonchev–Trinajstić information content (AvgIpc) is 2.35. The zero-order chi connectivity index (χ0) is 14.4. The molecular weight excluding hydrogens is 238 g/mol. The summed E-state index contributed by atoms with van der Waals surface area (Å²) in [4.78, 5) is 0. The van der Waals surface area contributed by atoms with Crippen LogP contribution in [0.5, 0.6) is 5.75 Å². The molecule has 1 aromatic carbocycles. The summed E-state index contributed by atoms with van der Waals surface area (Å²) in [6.07, 6.45) is 0.500. The Balaban J connectivity index is 2.72. The maximum absolute atomic E-state index is 9.44. The first-order chi connectivity index (χ1) is 8.93. The smallest absolute Gasteiger partial charge is 0.137 e. The molecular formula is C16H27NO2. The second kappa shape index (κ2) is 7.51. The Bertz CT molecular complexity index is 377. The van der Waals surface area contributed by atoms with Crippen LogP contribution in [0.25, 0.3) is 0 Å². The molecule has 3 N–H and O–H groups in total. The molecule has 0 bridgehead atoms. The highest BCUT2D eigenvalue weighted by Crippen LogP contribution is 2.22. The van der Waals surface area contributed by atoms with E-state index in [-0.39, 0.29) is 18.8 Å². The first-order valence-electron chi connectivity index (χ1n) is 7.07. The summed E-state index contributed by atoms with van der Waals surface area (Å²) >= 11 is 0. The monoisotopic (exact) mass is 265 g/mol. The molecule has 108 valence electrons. The van der Waals surface area contributed by atoms with E-state index >= 15 is 0 Å². The predicted molar refractivity (Wildman–Crippen MR) is 79.5 cm³/mol. The minimum absolute atomic E-state index is 0.0558. The van der Waals surface area contributed by atoms with Gasteiger partial charge in [-0.1, -0.05) is 39.8 Å². The SMILES string of the molecule is CC(C)CC(N)C(CO)Oc1cccc(C(C)C)c1. The Morgan fingerprint density at radius 3 is 2.42 bits per heavy atom. The van der Waals surface area contributed by atoms with Crippen LogP contribution in [-0.4, -0.2) is 23.9 Å². The Labute approximate surface area is 116 Å². The molecule has 0 aliphatic rings. The number of hydrogen-bond donors (Lipinski definition) is 2. The van der Waals surface area contributed by atoms with E-state index in [2.05, 4.69) is 33.8 Å². The highest BCUT2D eigenvalue weighted by Gasteiger charge is 2.20. The second-order valence-electron chi connectivity index (χ2n) is 5.86. The third-order valence-electron chi connectivity index (χ3n) is 3.21. The number of nitrogens with two attached hydrogens (primary N) is 1. The molecule has 0 aromatic heterocycles. The summed E-state index contributed by atoms with van der Waals surface area (Å²) in [5.41, 5.74) is 7.32. The van der Waals surface area contributed by atoms with Crippen LogP contribution in [0.2, 0.25) is 0 Å². The van der Waals surface area contributed by atoms with Gasteiger partial charge in [0.25, 0.3) is 0 Å². The normalized spacial score (nSPS) is 14.7. The van der Waals surface area contributed by atoms with E-state index in [4.69, 9.17) is 10.5 Å². The highest BCUT2D eigenvalue weighted by molar-refractivity contribution is 5.30. The van der Waals surface area contributed by atoms with Crippen LogP contribution in [0.3, 0.4) is 0 Å². The van der Waals surface area contributed by atoms with E-state index in [0.29, 0.717) is 11.8 Å². The van der Waals surface area contributed by atoms with Crippen molar-refractivity contribution < 1.29 is 9.84 Å². The molecule has 0 spiro atoms. The van der Waals surface area contributed by atoms with E-state index in [1.165, 1.54) is 5.56 Å². The van der Waals surface area contributed by atoms with Crippen molar-refractivity contribution in [3.05, 3.63) is 29.8 Å². The van der Waals surface area contributed by atoms with Crippen molar-refractivity contribution >= 4 is 0 Å². The summed E-state index contributed by atoms with van der Waals surface area (Å²) in [5, 5.41) is 9.44. The molecule has 0 fully saturated rings. The second-order valence-corrected chi connectivity index (χ2v) is 5.86. The van der Waals surface area contributed by atoms with Crippen LogP contribution in [0.1, 0.15) is 45.6 Å². The Morgan fingerprint density at radius 2 is 1.89 bits per heavy atom. The average molecular weight is 265 g/mol. The van der Waals surface area contributed by atoms with Crippen LogP contribution < -0.4 is 10.5 Å². The van der Waals surface area contributed by atoms with Gasteiger partial charge in [0, 0.05) is 6.04 Å². The quantitative estimate of drug-likeness (QED) is 0.797. The first-order valence-corrected chi connectivity index (χ1v) is 7.07. The Morgan fingerprint density at radius 1 is 1.21 bits per heavy atom. The van der Waals surface area contributed by atoms with Gasteiger partial charge in [0.2, 0.25) is 0 Å². The minimum Gasteiger partial charge on any atom is -0.486 e. The maximum atomic E-state index is 9.44.